The number of nitrogens with one attached hydrogen (secondary N) is 2. The molecule has 3 rings (SSSR count). The molecule has 0 spiro atoms. The molecule has 2 N–H and O–H groups in total. The van der Waals surface area contributed by atoms with E-state index in [1.54, 1.807) is 11.3 Å². The standard InChI is InChI=1S/C14H20BrN3OS/c1-2-16-14(17-7-11-5-9(15)8-20-11)18-12-6-10-3-4-13(12)19-10/h5,8,10,12-13H,2-4,6-7H2,1H3,(H2,16,17,18). The maximum Gasteiger partial charge on any atom is 0.191 e. The van der Waals surface area contributed by atoms with E-state index in [1.807, 2.05) is 0 Å². The van der Waals surface area contributed by atoms with E-state index in [2.05, 4.69) is 49.9 Å². The lowest BCUT2D eigenvalue weighted by Gasteiger charge is -2.22. The number of fused-ring (bicyclic) bond motifs is 2. The largest absolute Gasteiger partial charge is 0.373 e. The molecule has 1 aromatic rings. The van der Waals surface area contributed by atoms with Gasteiger partial charge in [0, 0.05) is 21.3 Å². The van der Waals surface area contributed by atoms with E-state index in [1.165, 1.54) is 17.7 Å². The Morgan fingerprint density at radius 2 is 2.45 bits per heavy atom. The smallest absolute Gasteiger partial charge is 0.191 e. The van der Waals surface area contributed by atoms with Crippen molar-refractivity contribution in [1.29, 1.82) is 0 Å². The fraction of sp³-hybridized carbons (Fsp3) is 0.643. The van der Waals surface area contributed by atoms with E-state index in [-0.39, 0.29) is 0 Å². The lowest BCUT2D eigenvalue weighted by atomic mass is 9.96. The number of hydrogen-bond acceptors (Lipinski definition) is 3. The van der Waals surface area contributed by atoms with Gasteiger partial charge in [-0.25, -0.2) is 4.99 Å². The highest BCUT2D eigenvalue weighted by Crippen LogP contribution is 2.34. The summed E-state index contributed by atoms with van der Waals surface area (Å²) in [5.74, 6) is 0.901. The lowest BCUT2D eigenvalue weighted by molar-refractivity contribution is 0.0992. The predicted octanol–water partition coefficient (Wildman–Crippen LogP) is 2.89. The van der Waals surface area contributed by atoms with Crippen molar-refractivity contribution in [3.05, 3.63) is 20.8 Å². The maximum atomic E-state index is 5.88. The van der Waals surface area contributed by atoms with Crippen LogP contribution >= 0.6 is 27.3 Å². The maximum absolute atomic E-state index is 5.88. The first-order valence-corrected chi connectivity index (χ1v) is 8.85. The first-order chi connectivity index (χ1) is 9.74. The highest BCUT2D eigenvalue weighted by Gasteiger charge is 2.41. The fourth-order valence-electron chi connectivity index (χ4n) is 2.88. The zero-order valence-corrected chi connectivity index (χ0v) is 14.0. The Hall–Kier alpha value is -0.590. The average Bonchev–Trinajstić information content (AvgIpc) is 3.13. The van der Waals surface area contributed by atoms with Gasteiger partial charge in [0.15, 0.2) is 5.96 Å². The molecule has 2 aliphatic rings. The van der Waals surface area contributed by atoms with Crippen LogP contribution in [0.3, 0.4) is 0 Å². The van der Waals surface area contributed by atoms with Crippen molar-refractivity contribution in [2.75, 3.05) is 6.54 Å². The highest BCUT2D eigenvalue weighted by atomic mass is 79.9. The van der Waals surface area contributed by atoms with Crippen LogP contribution in [-0.2, 0) is 11.3 Å². The molecule has 0 aliphatic carbocycles. The summed E-state index contributed by atoms with van der Waals surface area (Å²) in [5, 5.41) is 8.95. The number of thiophene rings is 1. The molecule has 2 fully saturated rings. The first-order valence-electron chi connectivity index (χ1n) is 7.18. The molecule has 2 bridgehead atoms. The van der Waals surface area contributed by atoms with Crippen molar-refractivity contribution in [2.24, 2.45) is 4.99 Å². The SMILES string of the molecule is CCNC(=NCc1cc(Br)cs1)NC1CC2CCC1O2. The topological polar surface area (TPSA) is 45.7 Å². The Labute approximate surface area is 132 Å². The first kappa shape index (κ1) is 14.4. The molecule has 6 heteroatoms. The normalized spacial score (nSPS) is 28.9. The summed E-state index contributed by atoms with van der Waals surface area (Å²) in [6, 6.07) is 2.54. The molecule has 3 heterocycles. The summed E-state index contributed by atoms with van der Waals surface area (Å²) < 4.78 is 7.01. The van der Waals surface area contributed by atoms with Gasteiger partial charge in [-0.3, -0.25) is 0 Å². The van der Waals surface area contributed by atoms with Crippen molar-refractivity contribution in [3.63, 3.8) is 0 Å². The van der Waals surface area contributed by atoms with Crippen LogP contribution in [0.5, 0.6) is 0 Å². The fourth-order valence-corrected chi connectivity index (χ4v) is 4.25. The van der Waals surface area contributed by atoms with Crippen LogP contribution in [-0.4, -0.2) is 30.8 Å². The minimum absolute atomic E-state index is 0.375. The molecule has 20 heavy (non-hydrogen) atoms. The number of aliphatic imine (C=N–C) groups is 1. The van der Waals surface area contributed by atoms with Crippen molar-refractivity contribution in [1.82, 2.24) is 10.6 Å². The van der Waals surface area contributed by atoms with Gasteiger partial charge in [-0.15, -0.1) is 11.3 Å². The molecular formula is C14H20BrN3OS. The third kappa shape index (κ3) is 3.35. The van der Waals surface area contributed by atoms with Gasteiger partial charge in [0.25, 0.3) is 0 Å². The van der Waals surface area contributed by atoms with Crippen LogP contribution in [0.25, 0.3) is 0 Å². The van der Waals surface area contributed by atoms with Gasteiger partial charge in [-0.1, -0.05) is 0 Å². The van der Waals surface area contributed by atoms with Crippen LogP contribution in [0.15, 0.2) is 20.9 Å². The van der Waals surface area contributed by atoms with Gasteiger partial charge in [0.1, 0.15) is 0 Å². The summed E-state index contributed by atoms with van der Waals surface area (Å²) in [7, 11) is 0. The summed E-state index contributed by atoms with van der Waals surface area (Å²) in [6.07, 6.45) is 4.35. The van der Waals surface area contributed by atoms with Crippen molar-refractivity contribution in [3.8, 4) is 0 Å². The van der Waals surface area contributed by atoms with Crippen molar-refractivity contribution in [2.45, 2.75) is 51.0 Å². The Kier molecular flexibility index (Phi) is 4.63. The summed E-state index contributed by atoms with van der Waals surface area (Å²) in [6.45, 7) is 3.69. The summed E-state index contributed by atoms with van der Waals surface area (Å²) in [5.41, 5.74) is 0. The molecule has 0 aromatic carbocycles. The van der Waals surface area contributed by atoms with Crippen LogP contribution in [0.1, 0.15) is 31.1 Å². The number of rotatable bonds is 4. The molecule has 2 saturated heterocycles. The van der Waals surface area contributed by atoms with Gasteiger partial charge < -0.3 is 15.4 Å². The summed E-state index contributed by atoms with van der Waals surface area (Å²) in [4.78, 5) is 5.93. The second kappa shape index (κ2) is 6.45. The quantitative estimate of drug-likeness (QED) is 0.643. The molecule has 110 valence electrons. The van der Waals surface area contributed by atoms with Crippen LogP contribution in [0.2, 0.25) is 0 Å². The van der Waals surface area contributed by atoms with Crippen molar-refractivity contribution >= 4 is 33.2 Å². The van der Waals surface area contributed by atoms with E-state index in [9.17, 15) is 0 Å². The lowest BCUT2D eigenvalue weighted by Crippen LogP contribution is -2.47. The zero-order valence-electron chi connectivity index (χ0n) is 11.6. The molecule has 2 aliphatic heterocycles. The third-order valence-electron chi connectivity index (χ3n) is 3.79. The molecule has 0 amide bonds. The summed E-state index contributed by atoms with van der Waals surface area (Å²) >= 11 is 5.21. The molecule has 1 aromatic heterocycles. The Morgan fingerprint density at radius 3 is 3.05 bits per heavy atom. The Morgan fingerprint density at radius 1 is 1.55 bits per heavy atom. The van der Waals surface area contributed by atoms with Gasteiger partial charge in [-0.2, -0.15) is 0 Å². The van der Waals surface area contributed by atoms with Crippen molar-refractivity contribution < 1.29 is 4.74 Å². The minimum atomic E-state index is 0.375. The van der Waals surface area contributed by atoms with Gasteiger partial charge >= 0.3 is 0 Å². The van der Waals surface area contributed by atoms with Gasteiger partial charge in [0.05, 0.1) is 24.8 Å². The number of halogens is 1. The zero-order chi connectivity index (χ0) is 13.9. The Bertz CT molecular complexity index is 491. The molecular weight excluding hydrogens is 338 g/mol. The van der Waals surface area contributed by atoms with Gasteiger partial charge in [0.2, 0.25) is 0 Å². The van der Waals surface area contributed by atoms with E-state index in [0.29, 0.717) is 24.8 Å². The molecule has 0 saturated carbocycles. The van der Waals surface area contributed by atoms with E-state index >= 15 is 0 Å². The van der Waals surface area contributed by atoms with Crippen LogP contribution in [0, 0.1) is 0 Å². The molecule has 0 radical (unpaired) electrons. The van der Waals surface area contributed by atoms with Gasteiger partial charge in [-0.05, 0) is 48.2 Å². The minimum Gasteiger partial charge on any atom is -0.373 e. The van der Waals surface area contributed by atoms with Crippen LogP contribution in [0.4, 0.5) is 0 Å². The van der Waals surface area contributed by atoms with E-state index < -0.39 is 0 Å². The molecule has 3 unspecified atom stereocenters. The predicted molar refractivity (Wildman–Crippen MR) is 86.3 cm³/mol. The Balaban J connectivity index is 1.59. The number of ether oxygens (including phenoxy) is 1. The number of nitrogens with zero attached hydrogens (tertiary/aromatic N) is 1. The monoisotopic (exact) mass is 357 g/mol. The highest BCUT2D eigenvalue weighted by molar-refractivity contribution is 9.10. The second-order valence-corrected chi connectivity index (χ2v) is 7.20. The molecule has 3 atom stereocenters. The molecule has 4 nitrogen and oxygen atoms in total. The third-order valence-corrected chi connectivity index (χ3v) is 5.47. The van der Waals surface area contributed by atoms with Crippen LogP contribution < -0.4 is 10.6 Å². The number of hydrogen-bond donors (Lipinski definition) is 2. The van der Waals surface area contributed by atoms with E-state index in [0.717, 1.165) is 23.4 Å². The second-order valence-electron chi connectivity index (χ2n) is 5.29. The average molecular weight is 358 g/mol. The number of guanidine groups is 1. The van der Waals surface area contributed by atoms with E-state index in [4.69, 9.17) is 4.74 Å².